The Morgan fingerprint density at radius 1 is 1.08 bits per heavy atom. The number of sulfonamides is 1. The second-order valence-electron chi connectivity index (χ2n) is 6.45. The lowest BCUT2D eigenvalue weighted by Crippen LogP contribution is -2.16. The molecule has 0 saturated carbocycles. The number of rotatable bonds is 7. The molecule has 0 radical (unpaired) electrons. The van der Waals surface area contributed by atoms with E-state index in [4.69, 9.17) is 0 Å². The molecule has 0 aliphatic carbocycles. The zero-order valence-electron chi connectivity index (χ0n) is 14.4. The summed E-state index contributed by atoms with van der Waals surface area (Å²) in [5.74, 6) is 0.449. The maximum absolute atomic E-state index is 12.5. The Labute approximate surface area is 154 Å². The van der Waals surface area contributed by atoms with Gasteiger partial charge in [-0.05, 0) is 62.2 Å². The van der Waals surface area contributed by atoms with E-state index in [0.29, 0.717) is 23.7 Å². The first-order valence-corrected chi connectivity index (χ1v) is 10.2. The molecule has 3 N–H and O–H groups in total. The van der Waals surface area contributed by atoms with Gasteiger partial charge in [-0.15, -0.1) is 0 Å². The molecule has 3 rings (SSSR count). The first-order valence-electron chi connectivity index (χ1n) is 8.71. The molecule has 2 aromatic carbocycles. The van der Waals surface area contributed by atoms with Crippen LogP contribution in [0.15, 0.2) is 59.5 Å². The molecule has 1 heterocycles. The van der Waals surface area contributed by atoms with Crippen LogP contribution >= 0.6 is 0 Å². The number of carbonyl (C=O) groups is 1. The molecule has 1 saturated heterocycles. The standard InChI is InChI=1S/C19H23N3O3S/c23-19(10-9-15-11-12-20-14-15)21-17-7-4-8-18(13-17)26(24,25)22-16-5-2-1-3-6-16/h1-8,13,15,20,22H,9-12,14H2,(H,21,23). The van der Waals surface area contributed by atoms with E-state index in [1.807, 2.05) is 6.07 Å². The number of carbonyl (C=O) groups excluding carboxylic acids is 1. The van der Waals surface area contributed by atoms with Crippen molar-refractivity contribution in [3.05, 3.63) is 54.6 Å². The van der Waals surface area contributed by atoms with Gasteiger partial charge in [0.15, 0.2) is 0 Å². The van der Waals surface area contributed by atoms with Crippen molar-refractivity contribution >= 4 is 27.3 Å². The van der Waals surface area contributed by atoms with Crippen molar-refractivity contribution in [2.24, 2.45) is 5.92 Å². The lowest BCUT2D eigenvalue weighted by molar-refractivity contribution is -0.116. The van der Waals surface area contributed by atoms with Crippen molar-refractivity contribution in [2.45, 2.75) is 24.2 Å². The van der Waals surface area contributed by atoms with Crippen molar-refractivity contribution in [2.75, 3.05) is 23.1 Å². The van der Waals surface area contributed by atoms with E-state index in [1.54, 1.807) is 36.4 Å². The molecule has 2 aromatic rings. The summed E-state index contributed by atoms with van der Waals surface area (Å²) in [6, 6.07) is 15.0. The average molecular weight is 373 g/mol. The summed E-state index contributed by atoms with van der Waals surface area (Å²) in [6.45, 7) is 1.98. The summed E-state index contributed by atoms with van der Waals surface area (Å²) in [5.41, 5.74) is 0.975. The van der Waals surface area contributed by atoms with Crippen LogP contribution in [0.2, 0.25) is 0 Å². The molecule has 0 aromatic heterocycles. The summed E-state index contributed by atoms with van der Waals surface area (Å²) >= 11 is 0. The van der Waals surface area contributed by atoms with Crippen LogP contribution in [-0.2, 0) is 14.8 Å². The van der Waals surface area contributed by atoms with E-state index < -0.39 is 10.0 Å². The van der Waals surface area contributed by atoms with E-state index in [-0.39, 0.29) is 10.8 Å². The largest absolute Gasteiger partial charge is 0.326 e. The number of anilines is 2. The molecule has 1 amide bonds. The maximum Gasteiger partial charge on any atom is 0.261 e. The van der Waals surface area contributed by atoms with E-state index >= 15 is 0 Å². The first-order chi connectivity index (χ1) is 12.5. The van der Waals surface area contributed by atoms with Crippen LogP contribution in [0.4, 0.5) is 11.4 Å². The maximum atomic E-state index is 12.5. The third-order valence-corrected chi connectivity index (χ3v) is 5.78. The van der Waals surface area contributed by atoms with Gasteiger partial charge in [0.25, 0.3) is 10.0 Å². The van der Waals surface area contributed by atoms with Crippen LogP contribution in [0.1, 0.15) is 19.3 Å². The molecule has 7 heteroatoms. The Balaban J connectivity index is 1.62. The third-order valence-electron chi connectivity index (χ3n) is 4.40. The highest BCUT2D eigenvalue weighted by Crippen LogP contribution is 2.20. The highest BCUT2D eigenvalue weighted by molar-refractivity contribution is 7.92. The van der Waals surface area contributed by atoms with Gasteiger partial charge in [0.2, 0.25) is 5.91 Å². The fourth-order valence-corrected chi connectivity index (χ4v) is 4.08. The molecule has 0 spiro atoms. The molecule has 1 aliphatic heterocycles. The Hall–Kier alpha value is -2.38. The Bertz CT molecular complexity index is 847. The molecule has 0 bridgehead atoms. The second-order valence-corrected chi connectivity index (χ2v) is 8.13. The number of nitrogens with one attached hydrogen (secondary N) is 3. The molecular formula is C19H23N3O3S. The van der Waals surface area contributed by atoms with Gasteiger partial charge in [0.1, 0.15) is 0 Å². The van der Waals surface area contributed by atoms with Gasteiger partial charge in [-0.3, -0.25) is 9.52 Å². The fraction of sp³-hybridized carbons (Fsp3) is 0.316. The third kappa shape index (κ3) is 5.06. The molecule has 1 aliphatic rings. The summed E-state index contributed by atoms with van der Waals surface area (Å²) in [4.78, 5) is 12.2. The van der Waals surface area contributed by atoms with E-state index in [2.05, 4.69) is 15.4 Å². The summed E-state index contributed by atoms with van der Waals surface area (Å²) in [5, 5.41) is 6.08. The van der Waals surface area contributed by atoms with Crippen LogP contribution in [-0.4, -0.2) is 27.4 Å². The normalized spacial score (nSPS) is 17.0. The first kappa shape index (κ1) is 18.4. The van der Waals surface area contributed by atoms with Gasteiger partial charge in [0.05, 0.1) is 4.90 Å². The van der Waals surface area contributed by atoms with Crippen LogP contribution in [0.25, 0.3) is 0 Å². The topological polar surface area (TPSA) is 87.3 Å². The van der Waals surface area contributed by atoms with Crippen LogP contribution in [0.3, 0.4) is 0 Å². The van der Waals surface area contributed by atoms with Crippen LogP contribution in [0.5, 0.6) is 0 Å². The smallest absolute Gasteiger partial charge is 0.261 e. The molecule has 138 valence electrons. The lowest BCUT2D eigenvalue weighted by atomic mass is 10.0. The monoisotopic (exact) mass is 373 g/mol. The van der Waals surface area contributed by atoms with E-state index in [1.165, 1.54) is 12.1 Å². The summed E-state index contributed by atoms with van der Waals surface area (Å²) in [6.07, 6.45) is 2.38. The number of benzene rings is 2. The van der Waals surface area contributed by atoms with Gasteiger partial charge in [-0.25, -0.2) is 8.42 Å². The summed E-state index contributed by atoms with van der Waals surface area (Å²) in [7, 11) is -3.71. The zero-order chi connectivity index (χ0) is 18.4. The molecule has 1 atom stereocenters. The summed E-state index contributed by atoms with van der Waals surface area (Å²) < 4.78 is 27.5. The van der Waals surface area contributed by atoms with Crippen molar-refractivity contribution in [3.8, 4) is 0 Å². The number of hydrogen-bond donors (Lipinski definition) is 3. The average Bonchev–Trinajstić information content (AvgIpc) is 3.14. The second kappa shape index (κ2) is 8.33. The number of para-hydroxylation sites is 1. The highest BCUT2D eigenvalue weighted by atomic mass is 32.2. The van der Waals surface area contributed by atoms with Gasteiger partial charge in [-0.1, -0.05) is 24.3 Å². The van der Waals surface area contributed by atoms with Gasteiger partial charge < -0.3 is 10.6 Å². The van der Waals surface area contributed by atoms with Gasteiger partial charge in [0, 0.05) is 17.8 Å². The predicted octanol–water partition coefficient (Wildman–Crippen LogP) is 2.82. The Morgan fingerprint density at radius 2 is 1.85 bits per heavy atom. The van der Waals surface area contributed by atoms with E-state index in [0.717, 1.165) is 25.9 Å². The minimum Gasteiger partial charge on any atom is -0.326 e. The van der Waals surface area contributed by atoms with Crippen molar-refractivity contribution < 1.29 is 13.2 Å². The van der Waals surface area contributed by atoms with Gasteiger partial charge >= 0.3 is 0 Å². The Morgan fingerprint density at radius 3 is 2.58 bits per heavy atom. The molecule has 1 unspecified atom stereocenters. The highest BCUT2D eigenvalue weighted by Gasteiger charge is 2.17. The fourth-order valence-electron chi connectivity index (χ4n) is 2.98. The Kier molecular flexibility index (Phi) is 5.90. The lowest BCUT2D eigenvalue weighted by Gasteiger charge is -2.11. The number of hydrogen-bond acceptors (Lipinski definition) is 4. The number of amides is 1. The van der Waals surface area contributed by atoms with E-state index in [9.17, 15) is 13.2 Å². The quantitative estimate of drug-likeness (QED) is 0.696. The van der Waals surface area contributed by atoms with Crippen molar-refractivity contribution in [1.82, 2.24) is 5.32 Å². The predicted molar refractivity (Wildman–Crippen MR) is 103 cm³/mol. The molecule has 1 fully saturated rings. The van der Waals surface area contributed by atoms with Crippen LogP contribution in [0, 0.1) is 5.92 Å². The zero-order valence-corrected chi connectivity index (χ0v) is 15.3. The minimum absolute atomic E-state index is 0.0949. The van der Waals surface area contributed by atoms with Crippen molar-refractivity contribution in [1.29, 1.82) is 0 Å². The SMILES string of the molecule is O=C(CCC1CCNC1)Nc1cccc(S(=O)(=O)Nc2ccccc2)c1. The molecule has 26 heavy (non-hydrogen) atoms. The van der Waals surface area contributed by atoms with Crippen LogP contribution < -0.4 is 15.4 Å². The van der Waals surface area contributed by atoms with Gasteiger partial charge in [-0.2, -0.15) is 0 Å². The molecule has 6 nitrogen and oxygen atoms in total. The van der Waals surface area contributed by atoms with Crippen molar-refractivity contribution in [3.63, 3.8) is 0 Å². The molecular weight excluding hydrogens is 350 g/mol. The minimum atomic E-state index is -3.71.